The molecule has 0 aliphatic carbocycles. The Kier molecular flexibility index (Phi) is 6.48. The number of hydrogen-bond acceptors (Lipinski definition) is 4. The number of carbonyl (C=O) groups excluding carboxylic acids is 1. The molecule has 0 bridgehead atoms. The van der Waals surface area contributed by atoms with Crippen LogP contribution in [0.5, 0.6) is 0 Å². The minimum atomic E-state index is -0.260. The molecule has 23 heavy (non-hydrogen) atoms. The quantitative estimate of drug-likeness (QED) is 0.819. The maximum Gasteiger partial charge on any atom is 0.238 e. The number of anilines is 1. The van der Waals surface area contributed by atoms with Crippen molar-refractivity contribution in [3.05, 3.63) is 52.4 Å². The number of amides is 1. The summed E-state index contributed by atoms with van der Waals surface area (Å²) in [5.74, 6) is 0.469. The molecule has 0 saturated carbocycles. The molecule has 2 rings (SSSR count). The lowest BCUT2D eigenvalue weighted by Gasteiger charge is -2.19. The predicted molar refractivity (Wildman–Crippen MR) is 89.3 cm³/mol. The smallest absolute Gasteiger partial charge is 0.238 e. The number of hydrogen-bond donors (Lipinski definition) is 1. The highest BCUT2D eigenvalue weighted by Gasteiger charge is 2.15. The summed E-state index contributed by atoms with van der Waals surface area (Å²) in [6.07, 6.45) is 1.89. The van der Waals surface area contributed by atoms with Gasteiger partial charge in [-0.1, -0.05) is 29.3 Å². The fraction of sp³-hybridized carbons (Fsp3) is 0.250. The minimum absolute atomic E-state index is 0.101. The van der Waals surface area contributed by atoms with E-state index >= 15 is 0 Å². The van der Waals surface area contributed by atoms with Crippen LogP contribution in [0.4, 0.5) is 5.69 Å². The van der Waals surface area contributed by atoms with Crippen molar-refractivity contribution in [2.24, 2.45) is 0 Å². The third-order valence-electron chi connectivity index (χ3n) is 3.09. The molecule has 1 amide bonds. The fourth-order valence-corrected chi connectivity index (χ4v) is 2.54. The molecular formula is C16H15Cl2N3O2. The highest BCUT2D eigenvalue weighted by atomic mass is 35.5. The maximum absolute atomic E-state index is 12.2. The van der Waals surface area contributed by atoms with Gasteiger partial charge in [0.15, 0.2) is 0 Å². The van der Waals surface area contributed by atoms with Gasteiger partial charge in [0.1, 0.15) is 5.76 Å². The van der Waals surface area contributed by atoms with Gasteiger partial charge in [0.05, 0.1) is 41.2 Å². The number of benzene rings is 1. The molecule has 120 valence electrons. The Balaban J connectivity index is 2.00. The summed E-state index contributed by atoms with van der Waals surface area (Å²) in [6.45, 7) is 1.00. The van der Waals surface area contributed by atoms with Crippen LogP contribution in [0.15, 0.2) is 41.0 Å². The van der Waals surface area contributed by atoms with Gasteiger partial charge >= 0.3 is 0 Å². The van der Waals surface area contributed by atoms with E-state index in [0.717, 1.165) is 5.76 Å². The zero-order valence-corrected chi connectivity index (χ0v) is 13.8. The summed E-state index contributed by atoms with van der Waals surface area (Å²) in [5.41, 5.74) is 0.388. The van der Waals surface area contributed by atoms with Crippen molar-refractivity contribution in [1.29, 1.82) is 5.26 Å². The van der Waals surface area contributed by atoms with Gasteiger partial charge in [-0.15, -0.1) is 0 Å². The van der Waals surface area contributed by atoms with Crippen LogP contribution >= 0.6 is 23.2 Å². The molecule has 1 N–H and O–H groups in total. The Bertz CT molecular complexity index is 676. The molecule has 5 nitrogen and oxygen atoms in total. The number of nitrogens with zero attached hydrogens (tertiary/aromatic N) is 2. The van der Waals surface area contributed by atoms with E-state index < -0.39 is 0 Å². The zero-order valence-electron chi connectivity index (χ0n) is 12.3. The molecule has 1 aromatic heterocycles. The molecule has 0 atom stereocenters. The topological polar surface area (TPSA) is 69.3 Å². The maximum atomic E-state index is 12.2. The SMILES string of the molecule is N#CCCN(CC(=O)Nc1c(Cl)cccc1Cl)Cc1ccco1. The van der Waals surface area contributed by atoms with Gasteiger partial charge in [-0.05, 0) is 24.3 Å². The lowest BCUT2D eigenvalue weighted by Crippen LogP contribution is -2.33. The monoisotopic (exact) mass is 351 g/mol. The van der Waals surface area contributed by atoms with Crippen molar-refractivity contribution in [3.63, 3.8) is 0 Å². The Hall–Kier alpha value is -2.00. The van der Waals surface area contributed by atoms with Gasteiger partial charge in [-0.2, -0.15) is 5.26 Å². The van der Waals surface area contributed by atoms with Gasteiger partial charge in [0, 0.05) is 13.0 Å². The Morgan fingerprint density at radius 3 is 2.61 bits per heavy atom. The Morgan fingerprint density at radius 1 is 1.26 bits per heavy atom. The largest absolute Gasteiger partial charge is 0.468 e. The fourth-order valence-electron chi connectivity index (χ4n) is 2.04. The van der Waals surface area contributed by atoms with E-state index in [1.807, 2.05) is 11.0 Å². The lowest BCUT2D eigenvalue weighted by molar-refractivity contribution is -0.117. The second-order valence-electron chi connectivity index (χ2n) is 4.84. The van der Waals surface area contributed by atoms with Gasteiger partial charge in [-0.25, -0.2) is 0 Å². The first-order valence-electron chi connectivity index (χ1n) is 6.95. The number of halogens is 2. The molecule has 0 fully saturated rings. The van der Waals surface area contributed by atoms with E-state index in [1.165, 1.54) is 0 Å². The molecular weight excluding hydrogens is 337 g/mol. The van der Waals surface area contributed by atoms with Crippen LogP contribution in [0.1, 0.15) is 12.2 Å². The summed E-state index contributed by atoms with van der Waals surface area (Å²) < 4.78 is 5.28. The number of furan rings is 1. The standard InChI is InChI=1S/C16H15Cl2N3O2/c17-13-5-1-6-14(18)16(13)20-15(22)11-21(8-3-7-19)10-12-4-2-9-23-12/h1-2,4-6,9H,3,8,10-11H2,(H,20,22). The van der Waals surface area contributed by atoms with Gasteiger partial charge in [0.2, 0.25) is 5.91 Å². The van der Waals surface area contributed by atoms with Gasteiger partial charge < -0.3 is 9.73 Å². The van der Waals surface area contributed by atoms with Crippen LogP contribution in [0.25, 0.3) is 0 Å². The first-order valence-corrected chi connectivity index (χ1v) is 7.71. The molecule has 0 saturated heterocycles. The summed E-state index contributed by atoms with van der Waals surface area (Å²) in [5, 5.41) is 12.2. The van der Waals surface area contributed by atoms with E-state index in [1.54, 1.807) is 30.5 Å². The van der Waals surface area contributed by atoms with Gasteiger partial charge in [0.25, 0.3) is 0 Å². The van der Waals surface area contributed by atoms with E-state index in [-0.39, 0.29) is 12.5 Å². The van der Waals surface area contributed by atoms with E-state index in [9.17, 15) is 4.79 Å². The second kappa shape index (κ2) is 8.59. The number of para-hydroxylation sites is 1. The summed E-state index contributed by atoms with van der Waals surface area (Å²) in [7, 11) is 0. The molecule has 0 radical (unpaired) electrons. The molecule has 2 aromatic rings. The van der Waals surface area contributed by atoms with Crippen LogP contribution in [0.3, 0.4) is 0 Å². The van der Waals surface area contributed by atoms with Crippen molar-refractivity contribution < 1.29 is 9.21 Å². The molecule has 1 aromatic carbocycles. The summed E-state index contributed by atoms with van der Waals surface area (Å²) in [4.78, 5) is 14.1. The van der Waals surface area contributed by atoms with Crippen LogP contribution in [-0.2, 0) is 11.3 Å². The van der Waals surface area contributed by atoms with Crippen LogP contribution < -0.4 is 5.32 Å². The highest BCUT2D eigenvalue weighted by molar-refractivity contribution is 6.39. The normalized spacial score (nSPS) is 10.5. The van der Waals surface area contributed by atoms with Crippen molar-refractivity contribution in [1.82, 2.24) is 4.90 Å². The molecule has 7 heteroatoms. The Morgan fingerprint density at radius 2 is 2.00 bits per heavy atom. The minimum Gasteiger partial charge on any atom is -0.468 e. The summed E-state index contributed by atoms with van der Waals surface area (Å²) in [6, 6.07) is 10.7. The van der Waals surface area contributed by atoms with Crippen molar-refractivity contribution >= 4 is 34.8 Å². The van der Waals surface area contributed by atoms with Crippen LogP contribution in [0, 0.1) is 11.3 Å². The number of rotatable bonds is 7. The third kappa shape index (κ3) is 5.29. The van der Waals surface area contributed by atoms with Crippen molar-refractivity contribution in [2.45, 2.75) is 13.0 Å². The zero-order chi connectivity index (χ0) is 16.7. The number of nitrogens with one attached hydrogen (secondary N) is 1. The molecule has 0 unspecified atom stereocenters. The van der Waals surface area contributed by atoms with Crippen LogP contribution in [-0.4, -0.2) is 23.9 Å². The molecule has 0 aliphatic heterocycles. The van der Waals surface area contributed by atoms with E-state index in [2.05, 4.69) is 11.4 Å². The average molecular weight is 352 g/mol. The molecule has 1 heterocycles. The predicted octanol–water partition coefficient (Wildman–Crippen LogP) is 3.94. The first kappa shape index (κ1) is 17.4. The average Bonchev–Trinajstić information content (AvgIpc) is 3.01. The lowest BCUT2D eigenvalue weighted by atomic mass is 10.3. The molecule has 0 spiro atoms. The number of carbonyl (C=O) groups is 1. The Labute approximate surface area is 144 Å². The summed E-state index contributed by atoms with van der Waals surface area (Å²) >= 11 is 12.1. The first-order chi connectivity index (χ1) is 11.1. The molecule has 0 aliphatic rings. The van der Waals surface area contributed by atoms with E-state index in [4.69, 9.17) is 32.9 Å². The number of nitriles is 1. The highest BCUT2D eigenvalue weighted by Crippen LogP contribution is 2.29. The van der Waals surface area contributed by atoms with E-state index in [0.29, 0.717) is 35.2 Å². The van der Waals surface area contributed by atoms with Crippen molar-refractivity contribution in [3.8, 4) is 6.07 Å². The third-order valence-corrected chi connectivity index (χ3v) is 3.72. The van der Waals surface area contributed by atoms with Crippen molar-refractivity contribution in [2.75, 3.05) is 18.4 Å². The van der Waals surface area contributed by atoms with Gasteiger partial charge in [-0.3, -0.25) is 9.69 Å². The van der Waals surface area contributed by atoms with Crippen LogP contribution in [0.2, 0.25) is 10.0 Å². The second-order valence-corrected chi connectivity index (χ2v) is 5.66.